The molecule has 100 valence electrons. The van der Waals surface area contributed by atoms with Crippen molar-refractivity contribution >= 4 is 11.9 Å². The van der Waals surface area contributed by atoms with Gasteiger partial charge in [-0.2, -0.15) is 5.26 Å². The van der Waals surface area contributed by atoms with Crippen molar-refractivity contribution in [3.05, 3.63) is 0 Å². The van der Waals surface area contributed by atoms with Crippen LogP contribution < -0.4 is 5.32 Å². The molecule has 0 aromatic heterocycles. The monoisotopic (exact) mass is 252 g/mol. The second-order valence-corrected chi connectivity index (χ2v) is 5.44. The van der Waals surface area contributed by atoms with E-state index < -0.39 is 11.4 Å². The molecule has 3 atom stereocenters. The minimum absolute atomic E-state index is 0.0226. The predicted octanol–water partition coefficient (Wildman–Crippen LogP) is 1.24. The summed E-state index contributed by atoms with van der Waals surface area (Å²) in [5.41, 5.74) is -0.934. The summed E-state index contributed by atoms with van der Waals surface area (Å²) < 4.78 is 4.91. The van der Waals surface area contributed by atoms with Gasteiger partial charge in [-0.05, 0) is 25.2 Å². The van der Waals surface area contributed by atoms with Crippen molar-refractivity contribution in [3.8, 4) is 6.07 Å². The Morgan fingerprint density at radius 2 is 2.11 bits per heavy atom. The lowest BCUT2D eigenvalue weighted by molar-refractivity contribution is -0.150. The minimum Gasteiger partial charge on any atom is -0.455 e. The third kappa shape index (κ3) is 3.46. The lowest BCUT2D eigenvalue weighted by atomic mass is 9.90. The van der Waals surface area contributed by atoms with Gasteiger partial charge in [0, 0.05) is 0 Å². The molecule has 0 heterocycles. The first-order valence-electron chi connectivity index (χ1n) is 6.19. The molecule has 1 saturated carbocycles. The van der Waals surface area contributed by atoms with Gasteiger partial charge in [0.1, 0.15) is 5.54 Å². The number of hydrogen-bond donors (Lipinski definition) is 1. The summed E-state index contributed by atoms with van der Waals surface area (Å²) in [4.78, 5) is 23.0. The zero-order chi connectivity index (χ0) is 13.9. The topological polar surface area (TPSA) is 79.2 Å². The van der Waals surface area contributed by atoms with Crippen LogP contribution in [0.15, 0.2) is 0 Å². The smallest absolute Gasteiger partial charge is 0.309 e. The van der Waals surface area contributed by atoms with E-state index in [1.807, 2.05) is 20.8 Å². The highest BCUT2D eigenvalue weighted by Gasteiger charge is 2.40. The summed E-state index contributed by atoms with van der Waals surface area (Å²) >= 11 is 0. The number of carbonyl (C=O) groups is 2. The maximum atomic E-state index is 11.6. The largest absolute Gasteiger partial charge is 0.455 e. The molecule has 18 heavy (non-hydrogen) atoms. The van der Waals surface area contributed by atoms with Gasteiger partial charge in [-0.25, -0.2) is 0 Å². The summed E-state index contributed by atoms with van der Waals surface area (Å²) in [5, 5.41) is 11.6. The molecule has 1 rings (SSSR count). The predicted molar refractivity (Wildman–Crippen MR) is 65.2 cm³/mol. The summed E-state index contributed by atoms with van der Waals surface area (Å²) in [6, 6.07) is 2.07. The number of nitriles is 1. The molecule has 1 N–H and O–H groups in total. The molecule has 0 aliphatic heterocycles. The van der Waals surface area contributed by atoms with Crippen molar-refractivity contribution in [2.45, 2.75) is 39.7 Å². The van der Waals surface area contributed by atoms with Gasteiger partial charge < -0.3 is 10.1 Å². The van der Waals surface area contributed by atoms with Crippen molar-refractivity contribution in [3.63, 3.8) is 0 Å². The summed E-state index contributed by atoms with van der Waals surface area (Å²) in [6.07, 6.45) is 0.836. The number of hydrogen-bond acceptors (Lipinski definition) is 4. The summed E-state index contributed by atoms with van der Waals surface area (Å²) in [5.74, 6) is -0.466. The second kappa shape index (κ2) is 5.38. The number of amides is 1. The van der Waals surface area contributed by atoms with Crippen molar-refractivity contribution in [2.75, 3.05) is 6.61 Å². The van der Waals surface area contributed by atoms with Gasteiger partial charge in [-0.15, -0.1) is 0 Å². The van der Waals surface area contributed by atoms with Gasteiger partial charge in [0.2, 0.25) is 0 Å². The van der Waals surface area contributed by atoms with E-state index in [0.29, 0.717) is 5.92 Å². The second-order valence-electron chi connectivity index (χ2n) is 5.44. The Morgan fingerprint density at radius 1 is 1.56 bits per heavy atom. The maximum absolute atomic E-state index is 11.6. The number of ether oxygens (including phenoxy) is 1. The van der Waals surface area contributed by atoms with E-state index in [1.165, 1.54) is 0 Å². The standard InChI is InChI=1S/C13H20N2O3/c1-8(2)13(4,7-14)15-11(16)6-18-12(17)10-5-9(10)3/h8-10H,5-6H2,1-4H3,(H,15,16)/t9-,10-,13-/m0/s1. The van der Waals surface area contributed by atoms with Crippen LogP contribution in [0.5, 0.6) is 0 Å². The molecule has 0 bridgehead atoms. The molecule has 5 heteroatoms. The van der Waals surface area contributed by atoms with E-state index >= 15 is 0 Å². The molecule has 1 amide bonds. The van der Waals surface area contributed by atoms with E-state index in [-0.39, 0.29) is 24.4 Å². The molecule has 0 spiro atoms. The van der Waals surface area contributed by atoms with Gasteiger partial charge >= 0.3 is 5.97 Å². The molecule has 1 fully saturated rings. The van der Waals surface area contributed by atoms with Gasteiger partial charge in [0.25, 0.3) is 5.91 Å². The van der Waals surface area contributed by atoms with Crippen LogP contribution >= 0.6 is 0 Å². The highest BCUT2D eigenvalue weighted by molar-refractivity contribution is 5.83. The molecule has 1 aliphatic carbocycles. The molecule has 5 nitrogen and oxygen atoms in total. The normalized spacial score (nSPS) is 24.9. The SMILES string of the molecule is CC(C)[C@](C)(C#N)NC(=O)COC(=O)[C@H]1C[C@@H]1C. The molecule has 1 aliphatic rings. The highest BCUT2D eigenvalue weighted by atomic mass is 16.5. The Hall–Kier alpha value is -1.57. The van der Waals surface area contributed by atoms with Crippen molar-refractivity contribution in [1.82, 2.24) is 5.32 Å². The number of nitrogens with zero attached hydrogens (tertiary/aromatic N) is 1. The summed E-state index contributed by atoms with van der Waals surface area (Å²) in [6.45, 7) is 7.01. The van der Waals surface area contributed by atoms with E-state index in [9.17, 15) is 9.59 Å². The Bertz CT molecular complexity index is 386. The third-order valence-electron chi connectivity index (χ3n) is 3.54. The fourth-order valence-corrected chi connectivity index (χ4v) is 1.52. The van der Waals surface area contributed by atoms with Crippen LogP contribution in [0.4, 0.5) is 0 Å². The molecular formula is C13H20N2O3. The van der Waals surface area contributed by atoms with E-state index in [0.717, 1.165) is 6.42 Å². The van der Waals surface area contributed by atoms with Crippen molar-refractivity contribution < 1.29 is 14.3 Å². The third-order valence-corrected chi connectivity index (χ3v) is 3.54. The minimum atomic E-state index is -0.934. The average molecular weight is 252 g/mol. The molecular weight excluding hydrogens is 232 g/mol. The van der Waals surface area contributed by atoms with Crippen LogP contribution in [-0.4, -0.2) is 24.0 Å². The fraction of sp³-hybridized carbons (Fsp3) is 0.769. The number of rotatable bonds is 5. The molecule has 0 aromatic carbocycles. The van der Waals surface area contributed by atoms with Crippen LogP contribution in [0.25, 0.3) is 0 Å². The molecule has 0 radical (unpaired) electrons. The van der Waals surface area contributed by atoms with Crippen molar-refractivity contribution in [2.24, 2.45) is 17.8 Å². The van der Waals surface area contributed by atoms with Gasteiger partial charge in [0.15, 0.2) is 6.61 Å². The van der Waals surface area contributed by atoms with E-state index in [1.54, 1.807) is 6.92 Å². The Labute approximate surface area is 107 Å². The van der Waals surface area contributed by atoms with Crippen LogP contribution in [0.2, 0.25) is 0 Å². The highest BCUT2D eigenvalue weighted by Crippen LogP contribution is 2.38. The van der Waals surface area contributed by atoms with Crippen molar-refractivity contribution in [1.29, 1.82) is 5.26 Å². The lowest BCUT2D eigenvalue weighted by Gasteiger charge is -2.27. The Balaban J connectivity index is 2.38. The zero-order valence-electron chi connectivity index (χ0n) is 11.3. The quantitative estimate of drug-likeness (QED) is 0.747. The number of esters is 1. The molecule has 0 aromatic rings. The fourth-order valence-electron chi connectivity index (χ4n) is 1.52. The van der Waals surface area contributed by atoms with Crippen LogP contribution in [0.1, 0.15) is 34.1 Å². The van der Waals surface area contributed by atoms with E-state index in [2.05, 4.69) is 11.4 Å². The first kappa shape index (κ1) is 14.5. The number of carbonyl (C=O) groups excluding carboxylic acids is 2. The van der Waals surface area contributed by atoms with Crippen LogP contribution in [-0.2, 0) is 14.3 Å². The van der Waals surface area contributed by atoms with Crippen LogP contribution in [0, 0.1) is 29.1 Å². The van der Waals surface area contributed by atoms with Gasteiger partial charge in [-0.3, -0.25) is 9.59 Å². The first-order valence-corrected chi connectivity index (χ1v) is 6.19. The van der Waals surface area contributed by atoms with Crippen LogP contribution in [0.3, 0.4) is 0 Å². The average Bonchev–Trinajstić information content (AvgIpc) is 3.03. The van der Waals surface area contributed by atoms with Gasteiger partial charge in [-0.1, -0.05) is 20.8 Å². The number of nitrogens with one attached hydrogen (secondary N) is 1. The molecule has 0 unspecified atom stereocenters. The first-order chi connectivity index (χ1) is 8.30. The Kier molecular flexibility index (Phi) is 4.33. The molecule has 0 saturated heterocycles. The summed E-state index contributed by atoms with van der Waals surface area (Å²) in [7, 11) is 0. The van der Waals surface area contributed by atoms with Gasteiger partial charge in [0.05, 0.1) is 12.0 Å². The lowest BCUT2D eigenvalue weighted by Crippen LogP contribution is -2.50. The van der Waals surface area contributed by atoms with E-state index in [4.69, 9.17) is 10.00 Å². The zero-order valence-corrected chi connectivity index (χ0v) is 11.3. The Morgan fingerprint density at radius 3 is 2.50 bits per heavy atom. The maximum Gasteiger partial charge on any atom is 0.309 e.